The third-order valence-corrected chi connectivity index (χ3v) is 4.64. The molecule has 1 aromatic heterocycles. The summed E-state index contributed by atoms with van der Waals surface area (Å²) in [6, 6.07) is 1.65. The largest absolute Gasteiger partial charge is 0.346 e. The molecule has 0 spiro atoms. The zero-order chi connectivity index (χ0) is 15.4. The van der Waals surface area contributed by atoms with Crippen molar-refractivity contribution in [3.63, 3.8) is 0 Å². The topological polar surface area (TPSA) is 75.4 Å². The molecule has 1 unspecified atom stereocenters. The van der Waals surface area contributed by atoms with Crippen LogP contribution in [0.3, 0.4) is 0 Å². The van der Waals surface area contributed by atoms with E-state index >= 15 is 0 Å². The van der Waals surface area contributed by atoms with Gasteiger partial charge in [-0.25, -0.2) is 0 Å². The highest BCUT2D eigenvalue weighted by Crippen LogP contribution is 2.32. The number of nitrogens with zero attached hydrogens (tertiary/aromatic N) is 1. The van der Waals surface area contributed by atoms with E-state index in [9.17, 15) is 9.59 Å². The number of hydrogen-bond acceptors (Lipinski definition) is 4. The first-order valence-electron chi connectivity index (χ1n) is 7.35. The van der Waals surface area contributed by atoms with Crippen molar-refractivity contribution in [3.8, 4) is 0 Å². The van der Waals surface area contributed by atoms with Gasteiger partial charge >= 0.3 is 0 Å². The fourth-order valence-corrected chi connectivity index (χ4v) is 3.27. The average molecular weight is 309 g/mol. The van der Waals surface area contributed by atoms with Crippen LogP contribution in [-0.4, -0.2) is 35.8 Å². The number of carbonyl (C=O) groups is 2. The zero-order valence-electron chi connectivity index (χ0n) is 12.5. The maximum absolute atomic E-state index is 12.3. The predicted octanol–water partition coefficient (Wildman–Crippen LogP) is 1.51. The number of nitrogens with two attached hydrogens (primary N) is 1. The van der Waals surface area contributed by atoms with Gasteiger partial charge in [0.05, 0.1) is 18.6 Å². The van der Waals surface area contributed by atoms with Crippen LogP contribution in [0.5, 0.6) is 0 Å². The van der Waals surface area contributed by atoms with E-state index in [1.165, 1.54) is 5.56 Å². The highest BCUT2D eigenvalue weighted by molar-refractivity contribution is 7.07. The molecule has 0 aliphatic carbocycles. The summed E-state index contributed by atoms with van der Waals surface area (Å²) in [7, 11) is 0. The van der Waals surface area contributed by atoms with Gasteiger partial charge in [-0.05, 0) is 41.1 Å². The Labute approximate surface area is 129 Å². The van der Waals surface area contributed by atoms with Crippen LogP contribution in [-0.2, 0) is 9.59 Å². The molecule has 1 aliphatic heterocycles. The van der Waals surface area contributed by atoms with E-state index in [1.54, 1.807) is 11.3 Å². The van der Waals surface area contributed by atoms with Crippen LogP contribution in [0.1, 0.15) is 38.3 Å². The number of thiophene rings is 1. The lowest BCUT2D eigenvalue weighted by molar-refractivity contribution is -0.134. The van der Waals surface area contributed by atoms with Crippen molar-refractivity contribution >= 4 is 23.2 Å². The molecule has 1 aromatic rings. The fraction of sp³-hybridized carbons (Fsp3) is 0.600. The van der Waals surface area contributed by atoms with Gasteiger partial charge in [0.25, 0.3) is 0 Å². The minimum atomic E-state index is -0.566. The van der Waals surface area contributed by atoms with Gasteiger partial charge in [-0.15, -0.1) is 0 Å². The third-order valence-electron chi connectivity index (χ3n) is 3.94. The van der Waals surface area contributed by atoms with Crippen LogP contribution in [0.15, 0.2) is 16.8 Å². The molecule has 0 radical (unpaired) electrons. The summed E-state index contributed by atoms with van der Waals surface area (Å²) >= 11 is 1.64. The second-order valence-corrected chi connectivity index (χ2v) is 6.57. The summed E-state index contributed by atoms with van der Waals surface area (Å²) in [5, 5.41) is 6.77. The molecule has 2 rings (SSSR count). The Balaban J connectivity index is 1.90. The molecule has 0 bridgehead atoms. The van der Waals surface area contributed by atoms with Crippen molar-refractivity contribution in [2.75, 3.05) is 13.1 Å². The molecule has 21 heavy (non-hydrogen) atoms. The number of carbonyl (C=O) groups excluding carboxylic acids is 2. The van der Waals surface area contributed by atoms with Gasteiger partial charge in [0.1, 0.15) is 0 Å². The maximum atomic E-state index is 12.3. The summed E-state index contributed by atoms with van der Waals surface area (Å²) in [4.78, 5) is 26.0. The summed E-state index contributed by atoms with van der Waals surface area (Å²) in [5.74, 6) is -0.233. The molecule has 0 saturated carbocycles. The Hall–Kier alpha value is -1.40. The highest BCUT2D eigenvalue weighted by Gasteiger charge is 2.30. The Morgan fingerprint density at radius 1 is 1.52 bits per heavy atom. The van der Waals surface area contributed by atoms with Gasteiger partial charge in [0, 0.05) is 6.54 Å². The van der Waals surface area contributed by atoms with E-state index in [0.29, 0.717) is 0 Å². The molecule has 116 valence electrons. The van der Waals surface area contributed by atoms with Crippen molar-refractivity contribution in [2.45, 2.75) is 38.8 Å². The Bertz CT molecular complexity index is 487. The molecule has 1 fully saturated rings. The van der Waals surface area contributed by atoms with Crippen molar-refractivity contribution in [3.05, 3.63) is 22.4 Å². The van der Waals surface area contributed by atoms with Crippen molar-refractivity contribution in [2.24, 2.45) is 11.7 Å². The first-order chi connectivity index (χ1) is 10.0. The third kappa shape index (κ3) is 3.83. The number of nitrogens with one attached hydrogen (secondary N) is 1. The van der Waals surface area contributed by atoms with Crippen molar-refractivity contribution < 1.29 is 9.59 Å². The van der Waals surface area contributed by atoms with Crippen molar-refractivity contribution in [1.82, 2.24) is 10.2 Å². The molecule has 2 heterocycles. The van der Waals surface area contributed by atoms with Crippen LogP contribution in [0.25, 0.3) is 0 Å². The average Bonchev–Trinajstić information content (AvgIpc) is 3.12. The minimum Gasteiger partial charge on any atom is -0.346 e. The Morgan fingerprint density at radius 3 is 2.90 bits per heavy atom. The van der Waals surface area contributed by atoms with Crippen LogP contribution in [0.2, 0.25) is 0 Å². The lowest BCUT2D eigenvalue weighted by Crippen LogP contribution is -2.47. The molecular formula is C15H23N3O2S. The van der Waals surface area contributed by atoms with Gasteiger partial charge in [-0.1, -0.05) is 13.8 Å². The van der Waals surface area contributed by atoms with Crippen LogP contribution in [0, 0.1) is 5.92 Å². The number of likely N-dealkylation sites (tertiary alicyclic amines) is 1. The van der Waals surface area contributed by atoms with E-state index in [4.69, 9.17) is 5.73 Å². The van der Waals surface area contributed by atoms with Gasteiger partial charge in [0.2, 0.25) is 11.8 Å². The lowest BCUT2D eigenvalue weighted by atomic mass is 10.1. The Kier molecular flexibility index (Phi) is 5.36. The monoisotopic (exact) mass is 309 g/mol. The molecule has 1 saturated heterocycles. The van der Waals surface area contributed by atoms with E-state index in [-0.39, 0.29) is 30.3 Å². The quantitative estimate of drug-likeness (QED) is 0.866. The molecule has 6 heteroatoms. The van der Waals surface area contributed by atoms with Crippen LogP contribution < -0.4 is 11.1 Å². The second kappa shape index (κ2) is 7.04. The smallest absolute Gasteiger partial charge is 0.242 e. The van der Waals surface area contributed by atoms with E-state index in [2.05, 4.69) is 16.8 Å². The summed E-state index contributed by atoms with van der Waals surface area (Å²) < 4.78 is 0. The fourth-order valence-electron chi connectivity index (χ4n) is 2.56. The van der Waals surface area contributed by atoms with Crippen LogP contribution >= 0.6 is 11.3 Å². The molecule has 2 atom stereocenters. The van der Waals surface area contributed by atoms with Gasteiger partial charge < -0.3 is 16.0 Å². The second-order valence-electron chi connectivity index (χ2n) is 5.79. The molecule has 5 nitrogen and oxygen atoms in total. The van der Waals surface area contributed by atoms with Crippen LogP contribution in [0.4, 0.5) is 0 Å². The first-order valence-corrected chi connectivity index (χ1v) is 8.30. The predicted molar refractivity (Wildman–Crippen MR) is 83.8 cm³/mol. The van der Waals surface area contributed by atoms with Crippen molar-refractivity contribution in [1.29, 1.82) is 0 Å². The number of rotatable bonds is 5. The Morgan fingerprint density at radius 2 is 2.29 bits per heavy atom. The summed E-state index contributed by atoms with van der Waals surface area (Å²) in [6.07, 6.45) is 1.99. The summed E-state index contributed by atoms with van der Waals surface area (Å²) in [6.45, 7) is 4.56. The zero-order valence-corrected chi connectivity index (χ0v) is 13.4. The molecule has 0 aromatic carbocycles. The molecule has 3 N–H and O–H groups in total. The summed E-state index contributed by atoms with van der Waals surface area (Å²) in [5.41, 5.74) is 6.96. The first kappa shape index (κ1) is 16.0. The number of hydrogen-bond donors (Lipinski definition) is 2. The van der Waals surface area contributed by atoms with E-state index in [0.717, 1.165) is 19.4 Å². The normalized spacial score (nSPS) is 19.8. The standard InChI is InChI=1S/C15H23N3O2S/c1-10(2)14(16)15(20)17-8-13(19)18-6-3-4-12(18)11-5-7-21-9-11/h5,7,9-10,12,14H,3-4,6,8,16H2,1-2H3,(H,17,20)/t12?,14-/m0/s1. The van der Waals surface area contributed by atoms with Gasteiger partial charge in [-0.3, -0.25) is 9.59 Å². The van der Waals surface area contributed by atoms with E-state index in [1.807, 2.05) is 24.1 Å². The van der Waals surface area contributed by atoms with Gasteiger partial charge in [0.15, 0.2) is 0 Å². The lowest BCUT2D eigenvalue weighted by Gasteiger charge is -2.25. The van der Waals surface area contributed by atoms with Gasteiger partial charge in [-0.2, -0.15) is 11.3 Å². The maximum Gasteiger partial charge on any atom is 0.242 e. The molecular weight excluding hydrogens is 286 g/mol. The molecule has 1 aliphatic rings. The highest BCUT2D eigenvalue weighted by atomic mass is 32.1. The number of amides is 2. The van der Waals surface area contributed by atoms with E-state index < -0.39 is 6.04 Å². The SMILES string of the molecule is CC(C)[C@H](N)C(=O)NCC(=O)N1CCCC1c1ccsc1. The molecule has 2 amide bonds. The minimum absolute atomic E-state index is 0.0277.